The molecule has 30 heavy (non-hydrogen) atoms. The predicted molar refractivity (Wildman–Crippen MR) is 119 cm³/mol. The van der Waals surface area contributed by atoms with Gasteiger partial charge >= 0.3 is 0 Å². The minimum atomic E-state index is -0.280. The summed E-state index contributed by atoms with van der Waals surface area (Å²) in [5.41, 5.74) is 2.65. The molecule has 0 aliphatic carbocycles. The predicted octanol–water partition coefficient (Wildman–Crippen LogP) is 3.61. The summed E-state index contributed by atoms with van der Waals surface area (Å²) in [4.78, 5) is 19.2. The van der Waals surface area contributed by atoms with Crippen LogP contribution in [0.3, 0.4) is 0 Å². The van der Waals surface area contributed by atoms with Crippen molar-refractivity contribution in [2.75, 3.05) is 44.2 Å². The maximum absolute atomic E-state index is 14.0. The monoisotopic (exact) mass is 415 g/mol. The number of carbonyl (C=O) groups excluding carboxylic acids is 1. The Morgan fingerprint density at radius 1 is 1.17 bits per heavy atom. The molecule has 0 bridgehead atoms. The van der Waals surface area contributed by atoms with E-state index in [2.05, 4.69) is 23.6 Å². The van der Waals surface area contributed by atoms with Crippen LogP contribution in [-0.2, 0) is 11.3 Å². The largest absolute Gasteiger partial charge is 0.354 e. The molecule has 0 N–H and O–H groups in total. The van der Waals surface area contributed by atoms with Gasteiger partial charge in [-0.15, -0.1) is 0 Å². The van der Waals surface area contributed by atoms with Gasteiger partial charge in [-0.05, 0) is 38.1 Å². The van der Waals surface area contributed by atoms with Crippen LogP contribution in [0.1, 0.15) is 44.9 Å². The molecule has 1 fully saturated rings. The van der Waals surface area contributed by atoms with Crippen molar-refractivity contribution >= 4 is 11.7 Å². The Morgan fingerprint density at radius 3 is 2.50 bits per heavy atom. The zero-order valence-electron chi connectivity index (χ0n) is 18.7. The quantitative estimate of drug-likeness (QED) is 0.661. The molecular weight excluding hydrogens is 381 g/mol. The van der Waals surface area contributed by atoms with E-state index in [4.69, 9.17) is 5.10 Å². The molecule has 6 nitrogen and oxygen atoms in total. The Balaban J connectivity index is 2.04. The van der Waals surface area contributed by atoms with Crippen molar-refractivity contribution in [3.63, 3.8) is 0 Å². The number of piperazine rings is 1. The fourth-order valence-electron chi connectivity index (χ4n) is 4.10. The number of halogens is 1. The first-order valence-electron chi connectivity index (χ1n) is 11.1. The Kier molecular flexibility index (Phi) is 7.48. The van der Waals surface area contributed by atoms with Gasteiger partial charge in [-0.1, -0.05) is 26.8 Å². The number of amides is 1. The highest BCUT2D eigenvalue weighted by Gasteiger charge is 2.27. The lowest BCUT2D eigenvalue weighted by Crippen LogP contribution is -2.47. The van der Waals surface area contributed by atoms with Gasteiger partial charge in [0.05, 0.1) is 17.9 Å². The highest BCUT2D eigenvalue weighted by Crippen LogP contribution is 2.30. The molecule has 164 valence electrons. The fraction of sp³-hybridized carbons (Fsp3) is 0.565. The van der Waals surface area contributed by atoms with Gasteiger partial charge in [0, 0.05) is 44.7 Å². The van der Waals surface area contributed by atoms with Crippen LogP contribution in [0.25, 0.3) is 5.69 Å². The molecule has 0 unspecified atom stereocenters. The second-order valence-corrected chi connectivity index (χ2v) is 7.87. The third-order valence-corrected chi connectivity index (χ3v) is 5.83. The number of benzene rings is 1. The molecule has 1 aromatic carbocycles. The Hall–Kier alpha value is -2.41. The third-order valence-electron chi connectivity index (χ3n) is 5.83. The topological polar surface area (TPSA) is 44.6 Å². The van der Waals surface area contributed by atoms with E-state index in [1.807, 2.05) is 29.5 Å². The van der Waals surface area contributed by atoms with E-state index < -0.39 is 0 Å². The number of carbonyl (C=O) groups is 1. The molecule has 1 aliphatic heterocycles. The van der Waals surface area contributed by atoms with Crippen molar-refractivity contribution in [3.8, 4) is 5.69 Å². The van der Waals surface area contributed by atoms with E-state index in [0.29, 0.717) is 18.7 Å². The van der Waals surface area contributed by atoms with Crippen LogP contribution in [0.15, 0.2) is 24.3 Å². The third kappa shape index (κ3) is 4.83. The minimum absolute atomic E-state index is 0.150. The fourth-order valence-corrected chi connectivity index (χ4v) is 4.10. The normalized spacial score (nSPS) is 14.9. The van der Waals surface area contributed by atoms with Gasteiger partial charge in [0.2, 0.25) is 5.91 Å². The first-order chi connectivity index (χ1) is 14.5. The molecule has 1 amide bonds. The van der Waals surface area contributed by atoms with Gasteiger partial charge in [0.1, 0.15) is 11.6 Å². The number of rotatable bonds is 8. The highest BCUT2D eigenvalue weighted by atomic mass is 19.1. The molecule has 0 radical (unpaired) electrons. The average Bonchev–Trinajstić information content (AvgIpc) is 3.09. The Morgan fingerprint density at radius 2 is 1.90 bits per heavy atom. The van der Waals surface area contributed by atoms with Crippen molar-refractivity contribution in [3.05, 3.63) is 41.3 Å². The maximum Gasteiger partial charge on any atom is 0.222 e. The van der Waals surface area contributed by atoms with Gasteiger partial charge < -0.3 is 14.7 Å². The van der Waals surface area contributed by atoms with Crippen LogP contribution in [0.5, 0.6) is 0 Å². The summed E-state index contributed by atoms with van der Waals surface area (Å²) in [6.45, 7) is 14.2. The van der Waals surface area contributed by atoms with Crippen molar-refractivity contribution in [2.45, 2.75) is 47.1 Å². The van der Waals surface area contributed by atoms with E-state index in [1.165, 1.54) is 12.1 Å². The van der Waals surface area contributed by atoms with Crippen LogP contribution in [0.2, 0.25) is 0 Å². The molecule has 0 saturated carbocycles. The second kappa shape index (κ2) is 10.1. The number of aromatic nitrogens is 2. The molecule has 0 spiro atoms. The highest BCUT2D eigenvalue weighted by molar-refractivity contribution is 5.76. The first kappa shape index (κ1) is 22.3. The Bertz CT molecular complexity index is 857. The van der Waals surface area contributed by atoms with Gasteiger partial charge in [-0.3, -0.25) is 4.79 Å². The molecule has 2 heterocycles. The lowest BCUT2D eigenvalue weighted by atomic mass is 10.1. The zero-order chi connectivity index (χ0) is 21.7. The molecule has 0 atom stereocenters. The summed E-state index contributed by atoms with van der Waals surface area (Å²) < 4.78 is 15.8. The van der Waals surface area contributed by atoms with Crippen LogP contribution in [0, 0.1) is 12.7 Å². The number of hydrogen-bond acceptors (Lipinski definition) is 4. The number of hydrogen-bond donors (Lipinski definition) is 0. The van der Waals surface area contributed by atoms with E-state index in [1.54, 1.807) is 6.07 Å². The summed E-state index contributed by atoms with van der Waals surface area (Å²) >= 11 is 0. The summed E-state index contributed by atoms with van der Waals surface area (Å²) in [5, 5.41) is 4.79. The molecule has 7 heteroatoms. The first-order valence-corrected chi connectivity index (χ1v) is 11.1. The maximum atomic E-state index is 14.0. The van der Waals surface area contributed by atoms with Crippen molar-refractivity contribution in [2.24, 2.45) is 0 Å². The van der Waals surface area contributed by atoms with E-state index in [0.717, 1.165) is 62.8 Å². The summed E-state index contributed by atoms with van der Waals surface area (Å²) in [5.74, 6) is 0.855. The summed E-state index contributed by atoms with van der Waals surface area (Å²) in [6.07, 6.45) is 1.40. The molecule has 1 aliphatic rings. The van der Waals surface area contributed by atoms with Gasteiger partial charge in [0.15, 0.2) is 0 Å². The van der Waals surface area contributed by atoms with Gasteiger partial charge in [0.25, 0.3) is 0 Å². The number of nitrogens with zero attached hydrogens (tertiary/aromatic N) is 5. The molecule has 3 rings (SSSR count). The molecule has 2 aromatic rings. The van der Waals surface area contributed by atoms with Crippen LogP contribution in [-0.4, -0.2) is 64.8 Å². The van der Waals surface area contributed by atoms with Crippen molar-refractivity contribution in [1.82, 2.24) is 19.6 Å². The number of aryl methyl sites for hydroxylation is 1. The van der Waals surface area contributed by atoms with Crippen molar-refractivity contribution < 1.29 is 9.18 Å². The minimum Gasteiger partial charge on any atom is -0.354 e. The smallest absolute Gasteiger partial charge is 0.222 e. The van der Waals surface area contributed by atoms with Crippen LogP contribution >= 0.6 is 0 Å². The van der Waals surface area contributed by atoms with Gasteiger partial charge in [-0.25, -0.2) is 9.07 Å². The van der Waals surface area contributed by atoms with Gasteiger partial charge in [-0.2, -0.15) is 5.10 Å². The summed E-state index contributed by atoms with van der Waals surface area (Å²) in [7, 11) is 0. The number of anilines is 1. The average molecular weight is 416 g/mol. The van der Waals surface area contributed by atoms with Crippen molar-refractivity contribution in [1.29, 1.82) is 0 Å². The Labute approximate surface area is 179 Å². The SMILES string of the molecule is CCCN(Cc1c(C)nn(-c2cccc(F)c2)c1N1CCN(CC)CC1)C(=O)CC. The van der Waals surface area contributed by atoms with E-state index in [-0.39, 0.29) is 11.7 Å². The van der Waals surface area contributed by atoms with Crippen LogP contribution < -0.4 is 4.90 Å². The number of likely N-dealkylation sites (N-methyl/N-ethyl adjacent to an activating group) is 1. The lowest BCUT2D eigenvalue weighted by Gasteiger charge is -2.36. The molecule has 1 saturated heterocycles. The van der Waals surface area contributed by atoms with E-state index >= 15 is 0 Å². The lowest BCUT2D eigenvalue weighted by molar-refractivity contribution is -0.131. The standard InChI is InChI=1S/C23H34FN5O/c1-5-11-28(22(30)6-2)17-21-18(4)25-29(20-10-8-9-19(24)16-20)23(21)27-14-12-26(7-3)13-15-27/h8-10,16H,5-7,11-15,17H2,1-4H3. The molecular formula is C23H34FN5O. The van der Waals surface area contributed by atoms with Crippen LogP contribution in [0.4, 0.5) is 10.2 Å². The molecule has 1 aromatic heterocycles. The second-order valence-electron chi connectivity index (χ2n) is 7.87. The zero-order valence-corrected chi connectivity index (χ0v) is 18.7. The summed E-state index contributed by atoms with van der Waals surface area (Å²) in [6, 6.07) is 6.56. The van der Waals surface area contributed by atoms with E-state index in [9.17, 15) is 9.18 Å².